The van der Waals surface area contributed by atoms with Crippen molar-refractivity contribution in [3.8, 4) is 5.75 Å². The molecule has 31 heavy (non-hydrogen) atoms. The number of methoxy groups -OCH3 is 2. The zero-order valence-corrected chi connectivity index (χ0v) is 17.4. The van der Waals surface area contributed by atoms with E-state index in [1.54, 1.807) is 24.3 Å². The molecule has 8 nitrogen and oxygen atoms in total. The molecule has 0 radical (unpaired) electrons. The molecule has 1 aliphatic rings. The molecule has 3 atom stereocenters. The molecule has 0 saturated carbocycles. The van der Waals surface area contributed by atoms with Crippen molar-refractivity contribution >= 4 is 18.3 Å². The highest BCUT2D eigenvalue weighted by Crippen LogP contribution is 2.42. The molecule has 0 aromatic heterocycles. The Morgan fingerprint density at radius 3 is 2.48 bits per heavy atom. The minimum absolute atomic E-state index is 0.00933. The maximum absolute atomic E-state index is 12.9. The Bertz CT molecular complexity index is 902. The Morgan fingerprint density at radius 1 is 1.10 bits per heavy atom. The van der Waals surface area contributed by atoms with Crippen molar-refractivity contribution in [2.24, 2.45) is 11.8 Å². The van der Waals surface area contributed by atoms with Crippen LogP contribution in [0.1, 0.15) is 23.6 Å². The molecule has 2 aromatic rings. The fraction of sp³-hybridized carbons (Fsp3) is 0.348. The van der Waals surface area contributed by atoms with Gasteiger partial charge in [0.2, 0.25) is 0 Å². The highest BCUT2D eigenvalue weighted by Gasteiger charge is 2.45. The molecule has 3 rings (SSSR count). The Balaban J connectivity index is 1.90. The van der Waals surface area contributed by atoms with Gasteiger partial charge in [0.05, 0.1) is 27.2 Å². The fourth-order valence-corrected chi connectivity index (χ4v) is 3.65. The molecule has 1 amide bonds. The summed E-state index contributed by atoms with van der Waals surface area (Å²) in [6.45, 7) is 0.0418. The number of esters is 1. The van der Waals surface area contributed by atoms with Crippen LogP contribution < -0.4 is 4.74 Å². The summed E-state index contributed by atoms with van der Waals surface area (Å²) >= 11 is 0. The number of hydroxylamine groups is 2. The highest BCUT2D eigenvalue weighted by atomic mass is 16.7. The molecule has 1 aliphatic heterocycles. The number of para-hydroxylation sites is 1. The van der Waals surface area contributed by atoms with Gasteiger partial charge in [-0.3, -0.25) is 9.63 Å². The first-order valence-electron chi connectivity index (χ1n) is 9.86. The number of nitrogens with zero attached hydrogens (tertiary/aromatic N) is 1. The molecule has 0 N–H and O–H groups in total. The van der Waals surface area contributed by atoms with Crippen molar-refractivity contribution in [3.05, 3.63) is 65.7 Å². The van der Waals surface area contributed by atoms with Gasteiger partial charge >= 0.3 is 12.1 Å². The summed E-state index contributed by atoms with van der Waals surface area (Å²) in [4.78, 5) is 42.7. The molecule has 164 valence electrons. The van der Waals surface area contributed by atoms with E-state index in [4.69, 9.17) is 19.0 Å². The lowest BCUT2D eigenvalue weighted by molar-refractivity contribution is -0.222. The van der Waals surface area contributed by atoms with Gasteiger partial charge in [-0.15, -0.1) is 0 Å². The van der Waals surface area contributed by atoms with Crippen molar-refractivity contribution in [1.29, 1.82) is 0 Å². The monoisotopic (exact) mass is 427 g/mol. The Kier molecular flexibility index (Phi) is 7.61. The summed E-state index contributed by atoms with van der Waals surface area (Å²) in [6.07, 6.45) is -0.00785. The predicted molar refractivity (Wildman–Crippen MR) is 110 cm³/mol. The van der Waals surface area contributed by atoms with Gasteiger partial charge in [-0.1, -0.05) is 48.5 Å². The first-order chi connectivity index (χ1) is 15.1. The quantitative estimate of drug-likeness (QED) is 0.494. The standard InChI is InChI=1S/C23H25NO7/c1-28-20-11-7-6-10-18(20)22-19(13-25)17(12-21(26)29-2)15-31-24(22)23(27)30-14-16-8-4-3-5-9-16/h3-11,13,17,19,22H,12,14-15H2,1-2H3/t17-,19+,22-/m1/s1. The first kappa shape index (κ1) is 22.3. The van der Waals surface area contributed by atoms with Gasteiger partial charge in [-0.25, -0.2) is 4.79 Å². The van der Waals surface area contributed by atoms with E-state index in [-0.39, 0.29) is 19.6 Å². The number of carbonyl (C=O) groups excluding carboxylic acids is 3. The van der Waals surface area contributed by atoms with E-state index in [2.05, 4.69) is 0 Å². The van der Waals surface area contributed by atoms with Crippen LogP contribution in [0.2, 0.25) is 0 Å². The Labute approximate surface area is 180 Å². The molecular weight excluding hydrogens is 402 g/mol. The number of benzene rings is 2. The molecule has 0 unspecified atom stereocenters. The molecular formula is C23H25NO7. The lowest BCUT2D eigenvalue weighted by Crippen LogP contribution is -2.48. The third-order valence-electron chi connectivity index (χ3n) is 5.25. The highest BCUT2D eigenvalue weighted by molar-refractivity contribution is 5.72. The summed E-state index contributed by atoms with van der Waals surface area (Å²) in [5.74, 6) is -1.17. The maximum Gasteiger partial charge on any atom is 0.434 e. The largest absolute Gasteiger partial charge is 0.496 e. The van der Waals surface area contributed by atoms with Crippen LogP contribution in [0.15, 0.2) is 54.6 Å². The smallest absolute Gasteiger partial charge is 0.434 e. The Hall–Kier alpha value is -3.39. The lowest BCUT2D eigenvalue weighted by atomic mass is 9.80. The van der Waals surface area contributed by atoms with Crippen LogP contribution in [0.5, 0.6) is 5.75 Å². The molecule has 1 saturated heterocycles. The number of amides is 1. The second-order valence-electron chi connectivity index (χ2n) is 7.10. The van der Waals surface area contributed by atoms with Crippen molar-refractivity contribution in [1.82, 2.24) is 5.06 Å². The number of hydrogen-bond acceptors (Lipinski definition) is 7. The van der Waals surface area contributed by atoms with Crippen LogP contribution in [-0.2, 0) is 30.5 Å². The zero-order valence-electron chi connectivity index (χ0n) is 17.4. The normalized spacial score (nSPS) is 20.6. The van der Waals surface area contributed by atoms with Gasteiger partial charge in [0.15, 0.2) is 0 Å². The summed E-state index contributed by atoms with van der Waals surface area (Å²) in [5.41, 5.74) is 1.39. The predicted octanol–water partition coefficient (Wildman–Crippen LogP) is 3.31. The average molecular weight is 427 g/mol. The van der Waals surface area contributed by atoms with Gasteiger partial charge in [-0.05, 0) is 11.6 Å². The lowest BCUT2D eigenvalue weighted by Gasteiger charge is -2.41. The fourth-order valence-electron chi connectivity index (χ4n) is 3.65. The number of aldehydes is 1. The van der Waals surface area contributed by atoms with Gasteiger partial charge in [0.25, 0.3) is 0 Å². The van der Waals surface area contributed by atoms with E-state index in [1.807, 2.05) is 30.3 Å². The van der Waals surface area contributed by atoms with Crippen molar-refractivity contribution in [3.63, 3.8) is 0 Å². The van der Waals surface area contributed by atoms with Crippen LogP contribution >= 0.6 is 0 Å². The van der Waals surface area contributed by atoms with E-state index < -0.39 is 29.9 Å². The number of rotatable bonds is 7. The van der Waals surface area contributed by atoms with Crippen LogP contribution in [0.25, 0.3) is 0 Å². The average Bonchev–Trinajstić information content (AvgIpc) is 2.82. The number of hydrogen-bond donors (Lipinski definition) is 0. The van der Waals surface area contributed by atoms with E-state index in [0.717, 1.165) is 16.9 Å². The molecule has 0 spiro atoms. The minimum atomic E-state index is -0.833. The van der Waals surface area contributed by atoms with Crippen LogP contribution in [0.3, 0.4) is 0 Å². The van der Waals surface area contributed by atoms with E-state index in [0.29, 0.717) is 11.3 Å². The van der Waals surface area contributed by atoms with Crippen LogP contribution in [-0.4, -0.2) is 44.2 Å². The van der Waals surface area contributed by atoms with Crippen molar-refractivity contribution in [2.45, 2.75) is 19.1 Å². The van der Waals surface area contributed by atoms with Crippen LogP contribution in [0, 0.1) is 11.8 Å². The third-order valence-corrected chi connectivity index (χ3v) is 5.25. The zero-order chi connectivity index (χ0) is 22.2. The SMILES string of the molecule is COC(=O)C[C@@H]1CON(C(=O)OCc2ccccc2)[C@H](c2ccccc2OC)[C@H]1C=O. The maximum atomic E-state index is 12.9. The molecule has 1 fully saturated rings. The van der Waals surface area contributed by atoms with Gasteiger partial charge < -0.3 is 19.0 Å². The van der Waals surface area contributed by atoms with Crippen molar-refractivity contribution < 1.29 is 33.4 Å². The van der Waals surface area contributed by atoms with Gasteiger partial charge in [0.1, 0.15) is 24.7 Å². The van der Waals surface area contributed by atoms with Crippen molar-refractivity contribution in [2.75, 3.05) is 20.8 Å². The number of ether oxygens (including phenoxy) is 3. The van der Waals surface area contributed by atoms with Gasteiger partial charge in [0, 0.05) is 17.4 Å². The second kappa shape index (κ2) is 10.6. The summed E-state index contributed by atoms with van der Waals surface area (Å²) in [7, 11) is 2.79. The summed E-state index contributed by atoms with van der Waals surface area (Å²) in [5, 5.41) is 1.06. The van der Waals surface area contributed by atoms with E-state index in [1.165, 1.54) is 14.2 Å². The third kappa shape index (κ3) is 5.21. The molecule has 1 heterocycles. The topological polar surface area (TPSA) is 91.4 Å². The molecule has 0 bridgehead atoms. The minimum Gasteiger partial charge on any atom is -0.496 e. The second-order valence-corrected chi connectivity index (χ2v) is 7.10. The Morgan fingerprint density at radius 2 is 1.81 bits per heavy atom. The molecule has 0 aliphatic carbocycles. The number of carbonyl (C=O) groups is 3. The van der Waals surface area contributed by atoms with Crippen LogP contribution in [0.4, 0.5) is 4.79 Å². The molecule has 8 heteroatoms. The van der Waals surface area contributed by atoms with Gasteiger partial charge in [-0.2, -0.15) is 5.06 Å². The molecule has 2 aromatic carbocycles. The first-order valence-corrected chi connectivity index (χ1v) is 9.86. The van der Waals surface area contributed by atoms with E-state index in [9.17, 15) is 14.4 Å². The summed E-state index contributed by atoms with van der Waals surface area (Å²) in [6, 6.07) is 15.4. The van der Waals surface area contributed by atoms with E-state index >= 15 is 0 Å². The summed E-state index contributed by atoms with van der Waals surface area (Å²) < 4.78 is 15.6.